The van der Waals surface area contributed by atoms with E-state index >= 15 is 0 Å². The summed E-state index contributed by atoms with van der Waals surface area (Å²) in [5.41, 5.74) is 0.575. The number of hydrogen-bond acceptors (Lipinski definition) is 3. The monoisotopic (exact) mass is 393 g/mol. The lowest BCUT2D eigenvalue weighted by Crippen LogP contribution is -2.07. The second kappa shape index (κ2) is 6.10. The van der Waals surface area contributed by atoms with Crippen molar-refractivity contribution in [2.45, 2.75) is 13.1 Å². The minimum absolute atomic E-state index is 0.00718. The molecule has 0 aliphatic rings. The van der Waals surface area contributed by atoms with Crippen LogP contribution in [0.4, 0.5) is 13.2 Å². The summed E-state index contributed by atoms with van der Waals surface area (Å²) in [6.45, 7) is 1.55. The number of fused-ring (bicyclic) bond motifs is 1. The number of hydrogen-bond donors (Lipinski definition) is 0. The zero-order valence-corrected chi connectivity index (χ0v) is 15.0. The van der Waals surface area contributed by atoms with Crippen molar-refractivity contribution < 1.29 is 13.2 Å². The highest BCUT2D eigenvalue weighted by Crippen LogP contribution is 2.39. The molecule has 0 bridgehead atoms. The predicted molar refractivity (Wildman–Crippen MR) is 96.9 cm³/mol. The summed E-state index contributed by atoms with van der Waals surface area (Å²) in [4.78, 5) is 5.15. The van der Waals surface area contributed by atoms with Gasteiger partial charge in [0, 0.05) is 5.02 Å². The molecule has 0 atom stereocenters. The first-order valence-electron chi connectivity index (χ1n) is 7.62. The number of aryl methyl sites for hydroxylation is 1. The van der Waals surface area contributed by atoms with Crippen molar-refractivity contribution in [3.8, 4) is 16.3 Å². The van der Waals surface area contributed by atoms with Crippen LogP contribution in [-0.4, -0.2) is 14.8 Å². The average molecular weight is 394 g/mol. The van der Waals surface area contributed by atoms with E-state index in [1.165, 1.54) is 16.0 Å². The topological polar surface area (TPSA) is 30.7 Å². The quantitative estimate of drug-likeness (QED) is 0.410. The van der Waals surface area contributed by atoms with Gasteiger partial charge < -0.3 is 0 Å². The van der Waals surface area contributed by atoms with Crippen LogP contribution in [0.25, 0.3) is 27.3 Å². The molecule has 0 aliphatic carbocycles. The van der Waals surface area contributed by atoms with E-state index < -0.39 is 11.7 Å². The summed E-state index contributed by atoms with van der Waals surface area (Å²) in [5.74, 6) is 0. The van der Waals surface area contributed by atoms with Gasteiger partial charge in [0.2, 0.25) is 0 Å². The third kappa shape index (κ3) is 2.87. The van der Waals surface area contributed by atoms with Crippen molar-refractivity contribution >= 4 is 34.0 Å². The highest BCUT2D eigenvalue weighted by molar-refractivity contribution is 7.13. The number of thiophene rings is 1. The minimum atomic E-state index is -4.51. The lowest BCUT2D eigenvalue weighted by atomic mass is 10.1. The van der Waals surface area contributed by atoms with Crippen LogP contribution in [0.15, 0.2) is 47.8 Å². The zero-order chi connectivity index (χ0) is 18.5. The largest absolute Gasteiger partial charge is 0.417 e. The van der Waals surface area contributed by atoms with Crippen LogP contribution in [0, 0.1) is 6.92 Å². The lowest BCUT2D eigenvalue weighted by Gasteiger charge is -2.11. The third-order valence-corrected chi connectivity index (χ3v) is 5.11. The first-order valence-corrected chi connectivity index (χ1v) is 8.88. The predicted octanol–water partition coefficient (Wildman–Crippen LogP) is 6.13. The van der Waals surface area contributed by atoms with Crippen LogP contribution in [0.1, 0.15) is 11.3 Å². The Balaban J connectivity index is 2.06. The van der Waals surface area contributed by atoms with Crippen LogP contribution in [-0.2, 0) is 6.18 Å². The van der Waals surface area contributed by atoms with E-state index in [1.807, 2.05) is 0 Å². The van der Waals surface area contributed by atoms with Crippen LogP contribution < -0.4 is 0 Å². The molecule has 1 aromatic carbocycles. The second-order valence-corrected chi connectivity index (χ2v) is 7.09. The van der Waals surface area contributed by atoms with Gasteiger partial charge in [-0.1, -0.05) is 17.7 Å². The van der Waals surface area contributed by atoms with Crippen LogP contribution in [0.3, 0.4) is 0 Å². The standard InChI is InChI=1S/C18H11ClF3N3S/c1-10-16-13(18(20,21)22)9-14(15-3-2-8-26-15)23-17(16)25(24-10)12-6-4-11(19)5-7-12/h2-9H,1H3. The normalized spacial score (nSPS) is 12.0. The van der Waals surface area contributed by atoms with Crippen molar-refractivity contribution in [1.29, 1.82) is 0 Å². The van der Waals surface area contributed by atoms with Gasteiger partial charge in [-0.15, -0.1) is 11.3 Å². The number of benzene rings is 1. The molecule has 3 heterocycles. The Morgan fingerprint density at radius 2 is 1.85 bits per heavy atom. The second-order valence-electron chi connectivity index (χ2n) is 5.70. The van der Waals surface area contributed by atoms with Crippen molar-refractivity contribution in [2.24, 2.45) is 0 Å². The first kappa shape index (κ1) is 17.1. The summed E-state index contributed by atoms with van der Waals surface area (Å²) in [5, 5.41) is 6.64. The summed E-state index contributed by atoms with van der Waals surface area (Å²) in [6.07, 6.45) is -4.51. The Kier molecular flexibility index (Phi) is 4.00. The van der Waals surface area contributed by atoms with Gasteiger partial charge >= 0.3 is 6.18 Å². The van der Waals surface area contributed by atoms with Gasteiger partial charge in [0.1, 0.15) is 0 Å². The summed E-state index contributed by atoms with van der Waals surface area (Å²) >= 11 is 7.25. The van der Waals surface area contributed by atoms with E-state index in [0.717, 1.165) is 6.07 Å². The van der Waals surface area contributed by atoms with E-state index in [1.54, 1.807) is 48.7 Å². The molecule has 0 N–H and O–H groups in total. The number of alkyl halides is 3. The number of pyridine rings is 1. The Morgan fingerprint density at radius 1 is 1.12 bits per heavy atom. The summed E-state index contributed by atoms with van der Waals surface area (Å²) in [6, 6.07) is 11.3. The molecule has 0 spiro atoms. The van der Waals surface area contributed by atoms with Crippen molar-refractivity contribution in [1.82, 2.24) is 14.8 Å². The molecule has 4 aromatic rings. The van der Waals surface area contributed by atoms with Crippen LogP contribution in [0.2, 0.25) is 5.02 Å². The van der Waals surface area contributed by atoms with Gasteiger partial charge in [0.15, 0.2) is 5.65 Å². The van der Waals surface area contributed by atoms with Gasteiger partial charge in [-0.2, -0.15) is 18.3 Å². The molecule has 3 aromatic heterocycles. The van der Waals surface area contributed by atoms with Crippen molar-refractivity contribution in [2.75, 3.05) is 0 Å². The maximum atomic E-state index is 13.7. The Morgan fingerprint density at radius 3 is 2.46 bits per heavy atom. The fourth-order valence-corrected chi connectivity index (χ4v) is 3.64. The van der Waals surface area contributed by atoms with Crippen LogP contribution >= 0.6 is 22.9 Å². The summed E-state index contributed by atoms with van der Waals surface area (Å²) in [7, 11) is 0. The van der Waals surface area contributed by atoms with Gasteiger partial charge in [0.25, 0.3) is 0 Å². The average Bonchev–Trinajstić information content (AvgIpc) is 3.23. The molecular formula is C18H11ClF3N3S. The molecule has 0 saturated carbocycles. The maximum absolute atomic E-state index is 13.7. The Labute approximate surface area is 155 Å². The fraction of sp³-hybridized carbons (Fsp3) is 0.111. The smallest absolute Gasteiger partial charge is 0.227 e. The number of aromatic nitrogens is 3. The van der Waals surface area contributed by atoms with Gasteiger partial charge in [-0.3, -0.25) is 0 Å². The first-order chi connectivity index (χ1) is 12.3. The molecule has 0 fully saturated rings. The minimum Gasteiger partial charge on any atom is -0.227 e. The van der Waals surface area contributed by atoms with E-state index in [-0.39, 0.29) is 22.4 Å². The molecule has 0 amide bonds. The van der Waals surface area contributed by atoms with E-state index in [2.05, 4.69) is 10.1 Å². The lowest BCUT2D eigenvalue weighted by molar-refractivity contribution is -0.136. The van der Waals surface area contributed by atoms with Crippen molar-refractivity contribution in [3.05, 3.63) is 64.1 Å². The zero-order valence-electron chi connectivity index (χ0n) is 13.4. The molecular weight excluding hydrogens is 383 g/mol. The maximum Gasteiger partial charge on any atom is 0.417 e. The SMILES string of the molecule is Cc1nn(-c2ccc(Cl)cc2)c2nc(-c3cccs3)cc(C(F)(F)F)c12. The fourth-order valence-electron chi connectivity index (χ4n) is 2.83. The number of nitrogens with zero attached hydrogens (tertiary/aromatic N) is 3. The van der Waals surface area contributed by atoms with Crippen LogP contribution in [0.5, 0.6) is 0 Å². The molecule has 3 nitrogen and oxygen atoms in total. The van der Waals surface area contributed by atoms with E-state index in [9.17, 15) is 13.2 Å². The molecule has 8 heteroatoms. The molecule has 0 aliphatic heterocycles. The highest BCUT2D eigenvalue weighted by Gasteiger charge is 2.35. The highest BCUT2D eigenvalue weighted by atomic mass is 35.5. The van der Waals surface area contributed by atoms with Crippen molar-refractivity contribution in [3.63, 3.8) is 0 Å². The molecule has 0 saturated heterocycles. The van der Waals surface area contributed by atoms with E-state index in [0.29, 0.717) is 15.6 Å². The summed E-state index contributed by atoms with van der Waals surface area (Å²) < 4.78 is 42.5. The molecule has 0 unspecified atom stereocenters. The molecule has 0 radical (unpaired) electrons. The Hall–Kier alpha value is -2.38. The number of halogens is 4. The van der Waals surface area contributed by atoms with Gasteiger partial charge in [-0.05, 0) is 48.7 Å². The molecule has 4 rings (SSSR count). The number of rotatable bonds is 2. The Bertz CT molecular complexity index is 1080. The molecule has 26 heavy (non-hydrogen) atoms. The van der Waals surface area contributed by atoms with Gasteiger partial charge in [0.05, 0.1) is 32.9 Å². The van der Waals surface area contributed by atoms with Gasteiger partial charge in [-0.25, -0.2) is 9.67 Å². The van der Waals surface area contributed by atoms with E-state index in [4.69, 9.17) is 11.6 Å². The third-order valence-electron chi connectivity index (χ3n) is 3.96. The molecule has 132 valence electrons.